The molecule has 104 valence electrons. The number of ether oxygens (including phenoxy) is 1. The second kappa shape index (κ2) is 5.38. The van der Waals surface area contributed by atoms with Crippen molar-refractivity contribution in [1.29, 1.82) is 5.26 Å². The predicted molar refractivity (Wildman–Crippen MR) is 78.7 cm³/mol. The zero-order valence-electron chi connectivity index (χ0n) is 12.6. The smallest absolute Gasteiger partial charge is 0.147 e. The highest BCUT2D eigenvalue weighted by atomic mass is 16.5. The van der Waals surface area contributed by atoms with Gasteiger partial charge in [0.15, 0.2) is 0 Å². The van der Waals surface area contributed by atoms with Crippen molar-refractivity contribution in [1.82, 2.24) is 9.55 Å². The van der Waals surface area contributed by atoms with Gasteiger partial charge in [0.1, 0.15) is 29.0 Å². The van der Waals surface area contributed by atoms with Gasteiger partial charge in [-0.15, -0.1) is 0 Å². The predicted octanol–water partition coefficient (Wildman–Crippen LogP) is 3.40. The van der Waals surface area contributed by atoms with E-state index in [4.69, 9.17) is 4.74 Å². The Bertz CT molecular complexity index is 678. The average molecular weight is 269 g/mol. The molecular formula is C16H19N3O. The molecule has 20 heavy (non-hydrogen) atoms. The molecule has 0 fully saturated rings. The van der Waals surface area contributed by atoms with Crippen molar-refractivity contribution in [2.24, 2.45) is 7.05 Å². The maximum Gasteiger partial charge on any atom is 0.147 e. The molecule has 0 unspecified atom stereocenters. The fraction of sp³-hybridized carbons (Fsp3) is 0.375. The van der Waals surface area contributed by atoms with Crippen molar-refractivity contribution in [2.45, 2.75) is 26.7 Å². The molecular weight excluding hydrogens is 250 g/mol. The first kappa shape index (κ1) is 14.1. The molecule has 0 radical (unpaired) electrons. The van der Waals surface area contributed by atoms with Gasteiger partial charge in [-0.2, -0.15) is 5.26 Å². The number of hydrogen-bond donors (Lipinski definition) is 0. The summed E-state index contributed by atoms with van der Waals surface area (Å²) in [6.45, 7) is 6.14. The molecule has 0 aliphatic carbocycles. The Labute approximate surface area is 119 Å². The van der Waals surface area contributed by atoms with E-state index < -0.39 is 0 Å². The first-order chi connectivity index (χ1) is 9.49. The summed E-state index contributed by atoms with van der Waals surface area (Å²) in [5.41, 5.74) is 3.39. The molecule has 2 rings (SSSR count). The van der Waals surface area contributed by atoms with Gasteiger partial charge >= 0.3 is 0 Å². The first-order valence-corrected chi connectivity index (χ1v) is 6.61. The number of imidazole rings is 1. The average Bonchev–Trinajstić information content (AvgIpc) is 2.73. The summed E-state index contributed by atoms with van der Waals surface area (Å²) in [5.74, 6) is 2.05. The van der Waals surface area contributed by atoms with Crippen LogP contribution in [0.4, 0.5) is 0 Å². The van der Waals surface area contributed by atoms with Crippen molar-refractivity contribution in [2.75, 3.05) is 7.11 Å². The van der Waals surface area contributed by atoms with Crippen LogP contribution in [0.2, 0.25) is 0 Å². The van der Waals surface area contributed by atoms with Crippen LogP contribution in [0.5, 0.6) is 5.75 Å². The fourth-order valence-electron chi connectivity index (χ4n) is 2.27. The van der Waals surface area contributed by atoms with Crippen LogP contribution in [-0.4, -0.2) is 16.7 Å². The van der Waals surface area contributed by atoms with Crippen LogP contribution >= 0.6 is 0 Å². The normalized spacial score (nSPS) is 10.7. The molecule has 0 saturated carbocycles. The molecule has 1 aromatic heterocycles. The highest BCUT2D eigenvalue weighted by Crippen LogP contribution is 2.32. The van der Waals surface area contributed by atoms with Crippen LogP contribution in [0.15, 0.2) is 18.2 Å². The highest BCUT2D eigenvalue weighted by molar-refractivity contribution is 5.67. The van der Waals surface area contributed by atoms with Gasteiger partial charge in [0.25, 0.3) is 0 Å². The molecule has 0 amide bonds. The largest absolute Gasteiger partial charge is 0.496 e. The van der Waals surface area contributed by atoms with E-state index in [9.17, 15) is 5.26 Å². The number of nitrogens with zero attached hydrogens (tertiary/aromatic N) is 3. The van der Waals surface area contributed by atoms with Crippen LogP contribution in [0.1, 0.15) is 36.8 Å². The van der Waals surface area contributed by atoms with Gasteiger partial charge in [-0.05, 0) is 36.6 Å². The number of aryl methyl sites for hydroxylation is 1. The van der Waals surface area contributed by atoms with Crippen LogP contribution < -0.4 is 4.74 Å². The van der Waals surface area contributed by atoms with E-state index in [1.165, 1.54) is 0 Å². The van der Waals surface area contributed by atoms with Gasteiger partial charge in [-0.3, -0.25) is 0 Å². The maximum atomic E-state index is 9.32. The van der Waals surface area contributed by atoms with Crippen molar-refractivity contribution in [3.05, 3.63) is 35.3 Å². The third kappa shape index (κ3) is 2.27. The monoisotopic (exact) mass is 269 g/mol. The van der Waals surface area contributed by atoms with Gasteiger partial charge in [0.05, 0.1) is 7.11 Å². The van der Waals surface area contributed by atoms with Crippen molar-refractivity contribution in [3.8, 4) is 23.1 Å². The molecule has 2 aromatic rings. The topological polar surface area (TPSA) is 50.8 Å². The lowest BCUT2D eigenvalue weighted by atomic mass is 9.98. The minimum absolute atomic E-state index is 0.347. The van der Waals surface area contributed by atoms with Crippen molar-refractivity contribution in [3.63, 3.8) is 0 Å². The van der Waals surface area contributed by atoms with Gasteiger partial charge < -0.3 is 9.30 Å². The Morgan fingerprint density at radius 3 is 2.60 bits per heavy atom. The van der Waals surface area contributed by atoms with E-state index in [2.05, 4.69) is 31.0 Å². The number of benzene rings is 1. The highest BCUT2D eigenvalue weighted by Gasteiger charge is 2.16. The standard InChI is InChI=1S/C16H19N3O/c1-10(2)13-8-12(6-7-15(13)20-5)16-14(9-17)19(4)11(3)18-16/h6-8,10H,1-5H3. The summed E-state index contributed by atoms with van der Waals surface area (Å²) in [5, 5.41) is 9.32. The van der Waals surface area contributed by atoms with E-state index in [0.29, 0.717) is 11.6 Å². The Balaban J connectivity index is 2.63. The zero-order valence-corrected chi connectivity index (χ0v) is 12.6. The molecule has 4 nitrogen and oxygen atoms in total. The van der Waals surface area contributed by atoms with Gasteiger partial charge in [0.2, 0.25) is 0 Å². The molecule has 0 N–H and O–H groups in total. The molecule has 0 bridgehead atoms. The molecule has 4 heteroatoms. The lowest BCUT2D eigenvalue weighted by Crippen LogP contribution is -1.96. The Morgan fingerprint density at radius 1 is 1.35 bits per heavy atom. The Kier molecular flexibility index (Phi) is 3.80. The van der Waals surface area contributed by atoms with Crippen LogP contribution in [0, 0.1) is 18.3 Å². The van der Waals surface area contributed by atoms with E-state index >= 15 is 0 Å². The molecule has 1 aromatic carbocycles. The Morgan fingerprint density at radius 2 is 2.05 bits per heavy atom. The minimum atomic E-state index is 0.347. The number of hydrogen-bond acceptors (Lipinski definition) is 3. The summed E-state index contributed by atoms with van der Waals surface area (Å²) in [6.07, 6.45) is 0. The second-order valence-electron chi connectivity index (χ2n) is 5.14. The fourth-order valence-corrected chi connectivity index (χ4v) is 2.27. The first-order valence-electron chi connectivity index (χ1n) is 6.61. The van der Waals surface area contributed by atoms with E-state index in [0.717, 1.165) is 28.4 Å². The quantitative estimate of drug-likeness (QED) is 0.858. The minimum Gasteiger partial charge on any atom is -0.496 e. The summed E-state index contributed by atoms with van der Waals surface area (Å²) < 4.78 is 7.21. The lowest BCUT2D eigenvalue weighted by Gasteiger charge is -2.13. The molecule has 0 aliphatic heterocycles. The molecule has 1 heterocycles. The SMILES string of the molecule is COc1ccc(-c2nc(C)n(C)c2C#N)cc1C(C)C. The number of aromatic nitrogens is 2. The molecule has 0 aliphatic rings. The maximum absolute atomic E-state index is 9.32. The van der Waals surface area contributed by atoms with Crippen LogP contribution in [-0.2, 0) is 7.05 Å². The summed E-state index contributed by atoms with van der Waals surface area (Å²) in [6, 6.07) is 8.18. The van der Waals surface area contributed by atoms with Gasteiger partial charge in [-0.25, -0.2) is 4.98 Å². The summed E-state index contributed by atoms with van der Waals surface area (Å²) in [4.78, 5) is 4.51. The van der Waals surface area contributed by atoms with Crippen molar-refractivity contribution < 1.29 is 4.74 Å². The Hall–Kier alpha value is -2.28. The second-order valence-corrected chi connectivity index (χ2v) is 5.14. The van der Waals surface area contributed by atoms with E-state index in [1.807, 2.05) is 30.7 Å². The van der Waals surface area contributed by atoms with Crippen molar-refractivity contribution >= 4 is 0 Å². The molecule has 0 saturated heterocycles. The summed E-state index contributed by atoms with van der Waals surface area (Å²) >= 11 is 0. The number of rotatable bonds is 3. The number of methoxy groups -OCH3 is 1. The third-order valence-corrected chi connectivity index (χ3v) is 3.55. The van der Waals surface area contributed by atoms with E-state index in [1.54, 1.807) is 7.11 Å². The van der Waals surface area contributed by atoms with E-state index in [-0.39, 0.29) is 0 Å². The van der Waals surface area contributed by atoms with Crippen LogP contribution in [0.25, 0.3) is 11.3 Å². The van der Waals surface area contributed by atoms with Crippen LogP contribution in [0.3, 0.4) is 0 Å². The van der Waals surface area contributed by atoms with Gasteiger partial charge in [-0.1, -0.05) is 13.8 Å². The molecule has 0 spiro atoms. The zero-order chi connectivity index (χ0) is 14.9. The lowest BCUT2D eigenvalue weighted by molar-refractivity contribution is 0.407. The molecule has 0 atom stereocenters. The van der Waals surface area contributed by atoms with Gasteiger partial charge in [0, 0.05) is 12.6 Å². The number of nitriles is 1. The summed E-state index contributed by atoms with van der Waals surface area (Å²) in [7, 11) is 3.53. The third-order valence-electron chi connectivity index (χ3n) is 3.55.